The number of thiophene rings is 1. The number of amides is 1. The molecule has 0 unspecified atom stereocenters. The zero-order valence-electron chi connectivity index (χ0n) is 14.5. The first-order valence-electron chi connectivity index (χ1n) is 8.15. The van der Waals surface area contributed by atoms with E-state index < -0.39 is 0 Å². The second kappa shape index (κ2) is 7.53. The van der Waals surface area contributed by atoms with Gasteiger partial charge in [-0.2, -0.15) is 0 Å². The van der Waals surface area contributed by atoms with E-state index in [1.54, 1.807) is 17.4 Å². The molecule has 0 N–H and O–H groups in total. The molecule has 1 amide bonds. The van der Waals surface area contributed by atoms with Gasteiger partial charge in [0.1, 0.15) is 4.34 Å². The lowest BCUT2D eigenvalue weighted by Crippen LogP contribution is -2.48. The van der Waals surface area contributed by atoms with Crippen LogP contribution in [-0.2, 0) is 12.0 Å². The highest BCUT2D eigenvalue weighted by molar-refractivity contribution is 7.20. The van der Waals surface area contributed by atoms with E-state index in [4.69, 9.17) is 28.2 Å². The Kier molecular flexibility index (Phi) is 5.75. The normalized spacial score (nSPS) is 16.4. The van der Waals surface area contributed by atoms with Crippen molar-refractivity contribution in [2.75, 3.05) is 26.2 Å². The molecule has 0 saturated carbocycles. The minimum absolute atomic E-state index is 0.0310. The molecule has 1 saturated heterocycles. The van der Waals surface area contributed by atoms with Crippen LogP contribution < -0.4 is 0 Å². The summed E-state index contributed by atoms with van der Waals surface area (Å²) in [7, 11) is 0. The molecule has 2 aromatic rings. The van der Waals surface area contributed by atoms with E-state index in [0.717, 1.165) is 25.3 Å². The van der Waals surface area contributed by atoms with Gasteiger partial charge in [0.15, 0.2) is 0 Å². The Labute approximate surface area is 166 Å². The fraction of sp³-hybridized carbons (Fsp3) is 0.529. The molecule has 0 aromatic carbocycles. The van der Waals surface area contributed by atoms with Crippen molar-refractivity contribution in [2.24, 2.45) is 0 Å². The van der Waals surface area contributed by atoms with Gasteiger partial charge in [-0.3, -0.25) is 9.69 Å². The number of nitrogens with zero attached hydrogens (tertiary/aromatic N) is 3. The van der Waals surface area contributed by atoms with Crippen molar-refractivity contribution in [1.82, 2.24) is 14.8 Å². The van der Waals surface area contributed by atoms with Crippen molar-refractivity contribution in [3.63, 3.8) is 0 Å². The third-order valence-corrected chi connectivity index (χ3v) is 6.93. The third-order valence-electron chi connectivity index (χ3n) is 4.13. The fourth-order valence-electron chi connectivity index (χ4n) is 2.72. The van der Waals surface area contributed by atoms with Crippen LogP contribution >= 0.6 is 45.9 Å². The van der Waals surface area contributed by atoms with Crippen LogP contribution in [0.25, 0.3) is 0 Å². The lowest BCUT2D eigenvalue weighted by molar-refractivity contribution is 0.0628. The smallest absolute Gasteiger partial charge is 0.256 e. The summed E-state index contributed by atoms with van der Waals surface area (Å²) in [5, 5.41) is 3.31. The maximum Gasteiger partial charge on any atom is 0.256 e. The van der Waals surface area contributed by atoms with Gasteiger partial charge in [-0.25, -0.2) is 4.98 Å². The summed E-state index contributed by atoms with van der Waals surface area (Å²) < 4.78 is 1.01. The molecule has 3 rings (SSSR count). The van der Waals surface area contributed by atoms with Gasteiger partial charge < -0.3 is 4.90 Å². The first-order chi connectivity index (χ1) is 11.7. The van der Waals surface area contributed by atoms with Crippen LogP contribution in [0.3, 0.4) is 0 Å². The molecule has 136 valence electrons. The molecule has 0 spiro atoms. The standard InChI is InChI=1S/C17H21Cl2N3OS2/c1-17(2,3)16-20-11(10-24-16)9-21-4-6-22(7-5-21)15(23)12-8-13(18)25-14(12)19/h8,10H,4-7,9H2,1-3H3. The first kappa shape index (κ1) is 19.1. The van der Waals surface area contributed by atoms with E-state index in [-0.39, 0.29) is 11.3 Å². The molecule has 1 aliphatic rings. The average Bonchev–Trinajstić information content (AvgIpc) is 3.13. The topological polar surface area (TPSA) is 36.4 Å². The summed E-state index contributed by atoms with van der Waals surface area (Å²) in [6.45, 7) is 10.4. The van der Waals surface area contributed by atoms with Crippen LogP contribution in [0.15, 0.2) is 11.4 Å². The van der Waals surface area contributed by atoms with E-state index in [1.807, 2.05) is 4.90 Å². The zero-order chi connectivity index (χ0) is 18.2. The van der Waals surface area contributed by atoms with E-state index in [1.165, 1.54) is 16.3 Å². The van der Waals surface area contributed by atoms with Crippen molar-refractivity contribution < 1.29 is 4.79 Å². The third kappa shape index (κ3) is 4.55. The number of aromatic nitrogens is 1. The molecule has 25 heavy (non-hydrogen) atoms. The van der Waals surface area contributed by atoms with Crippen molar-refractivity contribution in [1.29, 1.82) is 0 Å². The largest absolute Gasteiger partial charge is 0.336 e. The van der Waals surface area contributed by atoms with Crippen molar-refractivity contribution >= 4 is 51.8 Å². The van der Waals surface area contributed by atoms with Crippen LogP contribution in [0.4, 0.5) is 0 Å². The molecule has 2 aromatic heterocycles. The number of rotatable bonds is 3. The summed E-state index contributed by atoms with van der Waals surface area (Å²) >= 11 is 15.0. The van der Waals surface area contributed by atoms with E-state index >= 15 is 0 Å². The monoisotopic (exact) mass is 417 g/mol. The quantitative estimate of drug-likeness (QED) is 0.721. The van der Waals surface area contributed by atoms with Crippen molar-refractivity contribution in [2.45, 2.75) is 32.7 Å². The van der Waals surface area contributed by atoms with Gasteiger partial charge in [-0.15, -0.1) is 22.7 Å². The molecule has 0 radical (unpaired) electrons. The predicted molar refractivity (Wildman–Crippen MR) is 106 cm³/mol. The molecule has 4 nitrogen and oxygen atoms in total. The molecule has 0 bridgehead atoms. The Hall–Kier alpha value is -0.660. The Balaban J connectivity index is 1.56. The maximum absolute atomic E-state index is 12.6. The molecule has 3 heterocycles. The minimum Gasteiger partial charge on any atom is -0.336 e. The molecule has 0 aliphatic carbocycles. The SMILES string of the molecule is CC(C)(C)c1nc(CN2CCN(C(=O)c3cc(Cl)sc3Cl)CC2)cs1. The van der Waals surface area contributed by atoms with Crippen LogP contribution in [0.2, 0.25) is 8.67 Å². The number of halogens is 2. The molecular formula is C17H21Cl2N3OS2. The number of carbonyl (C=O) groups excluding carboxylic acids is 1. The summed E-state index contributed by atoms with van der Waals surface area (Å²) in [6.07, 6.45) is 0. The van der Waals surface area contributed by atoms with Crippen LogP contribution in [-0.4, -0.2) is 46.9 Å². The van der Waals surface area contributed by atoms with Crippen LogP contribution in [0.1, 0.15) is 41.8 Å². The Morgan fingerprint density at radius 1 is 1.24 bits per heavy atom. The lowest BCUT2D eigenvalue weighted by atomic mass is 9.98. The zero-order valence-corrected chi connectivity index (χ0v) is 17.7. The van der Waals surface area contributed by atoms with Crippen LogP contribution in [0, 0.1) is 0 Å². The second-order valence-corrected chi connectivity index (χ2v) is 10.3. The van der Waals surface area contributed by atoms with E-state index in [2.05, 4.69) is 31.1 Å². The molecular weight excluding hydrogens is 397 g/mol. The predicted octanol–water partition coefficient (Wildman–Crippen LogP) is 4.77. The Morgan fingerprint density at radius 2 is 1.92 bits per heavy atom. The lowest BCUT2D eigenvalue weighted by Gasteiger charge is -2.34. The average molecular weight is 418 g/mol. The fourth-order valence-corrected chi connectivity index (χ4v) is 5.07. The molecule has 0 atom stereocenters. The maximum atomic E-state index is 12.6. The number of hydrogen-bond acceptors (Lipinski definition) is 5. The van der Waals surface area contributed by atoms with Crippen LogP contribution in [0.5, 0.6) is 0 Å². The highest BCUT2D eigenvalue weighted by Crippen LogP contribution is 2.32. The molecule has 8 heteroatoms. The number of carbonyl (C=O) groups is 1. The van der Waals surface area contributed by atoms with Crippen molar-refractivity contribution in [3.05, 3.63) is 36.4 Å². The van der Waals surface area contributed by atoms with Gasteiger partial charge in [0.25, 0.3) is 5.91 Å². The van der Waals surface area contributed by atoms with Gasteiger partial charge in [0, 0.05) is 43.5 Å². The number of piperazine rings is 1. The minimum atomic E-state index is -0.0310. The highest BCUT2D eigenvalue weighted by atomic mass is 35.5. The highest BCUT2D eigenvalue weighted by Gasteiger charge is 2.25. The Morgan fingerprint density at radius 3 is 2.44 bits per heavy atom. The number of hydrogen-bond donors (Lipinski definition) is 0. The van der Waals surface area contributed by atoms with Gasteiger partial charge in [0.2, 0.25) is 0 Å². The first-order valence-corrected chi connectivity index (χ1v) is 10.6. The summed E-state index contributed by atoms with van der Waals surface area (Å²) in [5.41, 5.74) is 1.72. The molecule has 1 aliphatic heterocycles. The van der Waals surface area contributed by atoms with E-state index in [0.29, 0.717) is 27.3 Å². The van der Waals surface area contributed by atoms with Gasteiger partial charge in [0.05, 0.1) is 20.6 Å². The number of thiazole rings is 1. The molecule has 1 fully saturated rings. The van der Waals surface area contributed by atoms with Gasteiger partial charge >= 0.3 is 0 Å². The van der Waals surface area contributed by atoms with Crippen molar-refractivity contribution in [3.8, 4) is 0 Å². The van der Waals surface area contributed by atoms with E-state index in [9.17, 15) is 4.79 Å². The summed E-state index contributed by atoms with van der Waals surface area (Å²) in [6, 6.07) is 1.66. The van der Waals surface area contributed by atoms with Gasteiger partial charge in [-0.05, 0) is 6.07 Å². The van der Waals surface area contributed by atoms with Gasteiger partial charge in [-0.1, -0.05) is 44.0 Å². The Bertz CT molecular complexity index is 758. The summed E-state index contributed by atoms with van der Waals surface area (Å²) in [4.78, 5) is 21.5. The second-order valence-electron chi connectivity index (χ2n) is 7.20. The summed E-state index contributed by atoms with van der Waals surface area (Å²) in [5.74, 6) is -0.0310.